The second-order valence-corrected chi connectivity index (χ2v) is 8.81. The third-order valence-electron chi connectivity index (χ3n) is 3.58. The fourth-order valence-corrected chi connectivity index (χ4v) is 3.54. The average molecular weight is 493 g/mol. The number of nitrogens with zero attached hydrogens (tertiary/aromatic N) is 2. The maximum absolute atomic E-state index is 13.5. The molecule has 1 aliphatic carbocycles. The van der Waals surface area contributed by atoms with E-state index in [0.29, 0.717) is 0 Å². The van der Waals surface area contributed by atoms with E-state index in [-0.39, 0.29) is 20.8 Å². The monoisotopic (exact) mass is 491 g/mol. The SMILES string of the molecule is CC1(Cl)C=C(Oc2c(C(F)(F)F)nc(-c3nsc(Cl)c3Cl)[nH]c2=O)C=CC1Cl. The fourth-order valence-electron chi connectivity index (χ4n) is 2.22. The van der Waals surface area contributed by atoms with Crippen LogP contribution in [0.25, 0.3) is 11.5 Å². The van der Waals surface area contributed by atoms with Crippen molar-refractivity contribution >= 4 is 57.9 Å². The lowest BCUT2D eigenvalue weighted by atomic mass is 10.0. The Morgan fingerprint density at radius 1 is 1.36 bits per heavy atom. The molecule has 0 aromatic carbocycles. The van der Waals surface area contributed by atoms with E-state index in [1.54, 1.807) is 6.92 Å². The van der Waals surface area contributed by atoms with Gasteiger partial charge in [-0.15, -0.1) is 23.2 Å². The summed E-state index contributed by atoms with van der Waals surface area (Å²) in [4.78, 5) is 16.9. The molecule has 3 rings (SSSR count). The van der Waals surface area contributed by atoms with E-state index < -0.39 is 39.3 Å². The molecule has 2 aromatic heterocycles. The summed E-state index contributed by atoms with van der Waals surface area (Å²) in [5.41, 5.74) is -2.91. The van der Waals surface area contributed by atoms with Crippen molar-refractivity contribution in [1.29, 1.82) is 0 Å². The van der Waals surface area contributed by atoms with Gasteiger partial charge in [-0.25, -0.2) is 4.98 Å². The molecule has 2 unspecified atom stereocenters. The van der Waals surface area contributed by atoms with Gasteiger partial charge in [0.05, 0.1) is 10.3 Å². The van der Waals surface area contributed by atoms with Crippen molar-refractivity contribution in [2.45, 2.75) is 23.4 Å². The Bertz CT molecular complexity index is 1050. The third kappa shape index (κ3) is 4.18. The van der Waals surface area contributed by atoms with Crippen molar-refractivity contribution < 1.29 is 17.9 Å². The molecule has 0 amide bonds. The van der Waals surface area contributed by atoms with Gasteiger partial charge in [0.2, 0.25) is 5.75 Å². The summed E-state index contributed by atoms with van der Waals surface area (Å²) in [5, 5.41) is -0.737. The molecule has 1 N–H and O–H groups in total. The van der Waals surface area contributed by atoms with Gasteiger partial charge in [0, 0.05) is 0 Å². The van der Waals surface area contributed by atoms with Crippen LogP contribution in [0.5, 0.6) is 5.75 Å². The smallest absolute Gasteiger partial charge is 0.437 e. The Labute approximate surface area is 179 Å². The number of allylic oxidation sites excluding steroid dienone is 3. The van der Waals surface area contributed by atoms with Crippen LogP contribution in [0.1, 0.15) is 12.6 Å². The highest BCUT2D eigenvalue weighted by molar-refractivity contribution is 7.11. The first-order valence-electron chi connectivity index (χ1n) is 7.34. The van der Waals surface area contributed by atoms with Crippen molar-refractivity contribution in [3.63, 3.8) is 0 Å². The number of nitrogens with one attached hydrogen (secondary N) is 1. The summed E-state index contributed by atoms with van der Waals surface area (Å²) in [7, 11) is 0. The lowest BCUT2D eigenvalue weighted by molar-refractivity contribution is -0.142. The minimum Gasteiger partial charge on any atom is -0.450 e. The predicted molar refractivity (Wildman–Crippen MR) is 103 cm³/mol. The first-order chi connectivity index (χ1) is 12.9. The maximum Gasteiger partial charge on any atom is 0.437 e. The Morgan fingerprint density at radius 3 is 2.57 bits per heavy atom. The van der Waals surface area contributed by atoms with Crippen molar-refractivity contribution in [3.8, 4) is 17.3 Å². The summed E-state index contributed by atoms with van der Waals surface area (Å²) >= 11 is 24.6. The second-order valence-electron chi connectivity index (χ2n) is 5.77. The molecule has 13 heteroatoms. The summed E-state index contributed by atoms with van der Waals surface area (Å²) in [6.07, 6.45) is -0.948. The van der Waals surface area contributed by atoms with E-state index in [1.807, 2.05) is 0 Å². The molecule has 0 spiro atoms. The Kier molecular flexibility index (Phi) is 5.77. The molecule has 0 saturated carbocycles. The van der Waals surface area contributed by atoms with Gasteiger partial charge in [-0.05, 0) is 30.6 Å². The molecule has 2 atom stereocenters. The van der Waals surface area contributed by atoms with Crippen LogP contribution < -0.4 is 10.3 Å². The number of hydrogen-bond donors (Lipinski definition) is 1. The first kappa shape index (κ1) is 21.4. The minimum absolute atomic E-state index is 0.0442. The van der Waals surface area contributed by atoms with Gasteiger partial charge in [-0.1, -0.05) is 29.3 Å². The second kappa shape index (κ2) is 7.53. The number of hydrogen-bond acceptors (Lipinski definition) is 5. The Hall–Kier alpha value is -1.26. The van der Waals surface area contributed by atoms with Gasteiger partial charge in [-0.2, -0.15) is 17.5 Å². The van der Waals surface area contributed by atoms with Crippen LogP contribution in [0.2, 0.25) is 9.36 Å². The van der Waals surface area contributed by atoms with E-state index in [0.717, 1.165) is 11.5 Å². The number of aromatic amines is 1. The lowest BCUT2D eigenvalue weighted by Crippen LogP contribution is -2.29. The zero-order chi connectivity index (χ0) is 20.9. The van der Waals surface area contributed by atoms with Crippen LogP contribution in [0.3, 0.4) is 0 Å². The van der Waals surface area contributed by atoms with Gasteiger partial charge in [0.15, 0.2) is 11.5 Å². The highest BCUT2D eigenvalue weighted by Crippen LogP contribution is 2.39. The molecule has 0 fully saturated rings. The zero-order valence-corrected chi connectivity index (χ0v) is 17.4. The number of halogens is 7. The highest BCUT2D eigenvalue weighted by atomic mass is 35.5. The summed E-state index contributed by atoms with van der Waals surface area (Å²) in [6, 6.07) is 0. The van der Waals surface area contributed by atoms with Crippen molar-refractivity contribution in [2.24, 2.45) is 0 Å². The molecule has 28 heavy (non-hydrogen) atoms. The van der Waals surface area contributed by atoms with E-state index in [2.05, 4.69) is 14.3 Å². The molecular formula is C15H8Cl4F3N3O2S. The molecule has 5 nitrogen and oxygen atoms in total. The summed E-state index contributed by atoms with van der Waals surface area (Å²) in [5.74, 6) is -1.63. The van der Waals surface area contributed by atoms with Crippen LogP contribution in [-0.4, -0.2) is 24.6 Å². The van der Waals surface area contributed by atoms with E-state index >= 15 is 0 Å². The molecular weight excluding hydrogens is 485 g/mol. The summed E-state index contributed by atoms with van der Waals surface area (Å²) < 4.78 is 49.7. The molecule has 2 heterocycles. The number of rotatable bonds is 3. The van der Waals surface area contributed by atoms with Gasteiger partial charge in [0.25, 0.3) is 5.56 Å². The number of alkyl halides is 5. The topological polar surface area (TPSA) is 67.9 Å². The lowest BCUT2D eigenvalue weighted by Gasteiger charge is -2.26. The molecule has 1 aliphatic rings. The zero-order valence-electron chi connectivity index (χ0n) is 13.6. The van der Waals surface area contributed by atoms with E-state index in [9.17, 15) is 18.0 Å². The molecule has 0 bridgehead atoms. The van der Waals surface area contributed by atoms with Crippen LogP contribution in [-0.2, 0) is 6.18 Å². The van der Waals surface area contributed by atoms with Crippen molar-refractivity contribution in [3.05, 3.63) is 49.4 Å². The Morgan fingerprint density at radius 2 is 2.04 bits per heavy atom. The third-order valence-corrected chi connectivity index (χ3v) is 6.25. The number of H-pyrrole nitrogens is 1. The average Bonchev–Trinajstić information content (AvgIpc) is 2.91. The van der Waals surface area contributed by atoms with Crippen LogP contribution in [0.4, 0.5) is 13.2 Å². The normalized spacial score (nSPS) is 22.3. The maximum atomic E-state index is 13.5. The van der Waals surface area contributed by atoms with Crippen LogP contribution >= 0.6 is 57.9 Å². The van der Waals surface area contributed by atoms with Gasteiger partial charge < -0.3 is 9.72 Å². The number of aromatic nitrogens is 3. The number of ether oxygens (including phenoxy) is 1. The van der Waals surface area contributed by atoms with Crippen molar-refractivity contribution in [1.82, 2.24) is 14.3 Å². The molecule has 150 valence electrons. The van der Waals surface area contributed by atoms with E-state index in [1.165, 1.54) is 18.2 Å². The fraction of sp³-hybridized carbons (Fsp3) is 0.267. The molecule has 0 saturated heterocycles. The van der Waals surface area contributed by atoms with Gasteiger partial charge in [-0.3, -0.25) is 4.79 Å². The standard InChI is InChI=1S/C15H8Cl4F3N3O2S/c1-14(19)4-5(2-3-6(14)16)27-9-10(15(20,21)22)23-12(24-13(9)26)8-7(17)11(18)28-25-8/h2-4,6H,1H3,(H,23,24,26). The highest BCUT2D eigenvalue weighted by Gasteiger charge is 2.40. The predicted octanol–water partition coefficient (Wildman–Crippen LogP) is 5.66. The quantitative estimate of drug-likeness (QED) is 0.561. The van der Waals surface area contributed by atoms with Gasteiger partial charge >= 0.3 is 6.18 Å². The Balaban J connectivity index is 2.11. The van der Waals surface area contributed by atoms with Crippen LogP contribution in [0, 0.1) is 0 Å². The summed E-state index contributed by atoms with van der Waals surface area (Å²) in [6.45, 7) is 1.54. The minimum atomic E-state index is -5.00. The largest absolute Gasteiger partial charge is 0.450 e. The van der Waals surface area contributed by atoms with Crippen molar-refractivity contribution in [2.75, 3.05) is 0 Å². The van der Waals surface area contributed by atoms with E-state index in [4.69, 9.17) is 51.1 Å². The molecule has 0 aliphatic heterocycles. The van der Waals surface area contributed by atoms with Crippen LogP contribution in [0.15, 0.2) is 28.8 Å². The first-order valence-corrected chi connectivity index (χ1v) is 9.69. The van der Waals surface area contributed by atoms with Gasteiger partial charge in [0.1, 0.15) is 20.8 Å². The molecule has 2 aromatic rings. The molecule has 0 radical (unpaired) electrons.